The van der Waals surface area contributed by atoms with Gasteiger partial charge in [-0.25, -0.2) is 9.97 Å². The Morgan fingerprint density at radius 2 is 1.72 bits per heavy atom. The molecule has 25 heavy (non-hydrogen) atoms. The molecule has 0 spiro atoms. The first kappa shape index (κ1) is 16.9. The second-order valence-electron chi connectivity index (χ2n) is 5.59. The molecule has 0 radical (unpaired) electrons. The molecule has 0 saturated heterocycles. The summed E-state index contributed by atoms with van der Waals surface area (Å²) in [6.07, 6.45) is 0. The first-order chi connectivity index (χ1) is 12.0. The standard InChI is InChI=1S/C19H17ClN4O/c1-12-5-3-4-6-16(12)24-19(25)17-11-18(22-13(2)21-17)23-15-9-7-14(20)8-10-15/h3-11H,1-2H3,(H,24,25)(H,21,22,23). The molecule has 3 rings (SSSR count). The fourth-order valence-corrected chi connectivity index (χ4v) is 2.45. The molecule has 0 aliphatic rings. The number of aromatic nitrogens is 2. The molecule has 0 saturated carbocycles. The van der Waals surface area contributed by atoms with E-state index in [-0.39, 0.29) is 5.91 Å². The smallest absolute Gasteiger partial charge is 0.274 e. The summed E-state index contributed by atoms with van der Waals surface area (Å²) in [4.78, 5) is 21.1. The molecule has 5 nitrogen and oxygen atoms in total. The van der Waals surface area contributed by atoms with Crippen molar-refractivity contribution in [1.82, 2.24) is 9.97 Å². The number of hydrogen-bond donors (Lipinski definition) is 2. The predicted molar refractivity (Wildman–Crippen MR) is 101 cm³/mol. The number of nitrogens with zero attached hydrogens (tertiary/aromatic N) is 2. The Hall–Kier alpha value is -2.92. The van der Waals surface area contributed by atoms with Crippen molar-refractivity contribution in [3.8, 4) is 0 Å². The molecule has 3 aromatic rings. The van der Waals surface area contributed by atoms with Crippen LogP contribution in [-0.2, 0) is 0 Å². The Bertz CT molecular complexity index is 910. The highest BCUT2D eigenvalue weighted by Crippen LogP contribution is 2.19. The van der Waals surface area contributed by atoms with Gasteiger partial charge in [0.15, 0.2) is 0 Å². The molecule has 2 aromatic carbocycles. The maximum absolute atomic E-state index is 12.5. The zero-order valence-electron chi connectivity index (χ0n) is 13.9. The van der Waals surface area contributed by atoms with E-state index in [1.54, 1.807) is 25.1 Å². The second-order valence-corrected chi connectivity index (χ2v) is 6.02. The Morgan fingerprint density at radius 3 is 2.44 bits per heavy atom. The molecule has 1 amide bonds. The fourth-order valence-electron chi connectivity index (χ4n) is 2.33. The quantitative estimate of drug-likeness (QED) is 0.711. The second kappa shape index (κ2) is 7.32. The summed E-state index contributed by atoms with van der Waals surface area (Å²) in [6.45, 7) is 3.69. The topological polar surface area (TPSA) is 66.9 Å². The molecular formula is C19H17ClN4O. The number of hydrogen-bond acceptors (Lipinski definition) is 4. The SMILES string of the molecule is Cc1nc(Nc2ccc(Cl)cc2)cc(C(=O)Nc2ccccc2C)n1. The van der Waals surface area contributed by atoms with Crippen molar-refractivity contribution >= 4 is 34.7 Å². The van der Waals surface area contributed by atoms with Gasteiger partial charge in [0.25, 0.3) is 5.91 Å². The number of rotatable bonds is 4. The molecule has 6 heteroatoms. The fraction of sp³-hybridized carbons (Fsp3) is 0.105. The Morgan fingerprint density at radius 1 is 1.00 bits per heavy atom. The van der Waals surface area contributed by atoms with Gasteiger partial charge >= 0.3 is 0 Å². The molecule has 0 atom stereocenters. The van der Waals surface area contributed by atoms with Crippen LogP contribution >= 0.6 is 11.6 Å². The third kappa shape index (κ3) is 4.33. The van der Waals surface area contributed by atoms with Crippen molar-refractivity contribution in [2.24, 2.45) is 0 Å². The zero-order chi connectivity index (χ0) is 17.8. The number of aryl methyl sites for hydroxylation is 2. The van der Waals surface area contributed by atoms with Crippen LogP contribution in [0.25, 0.3) is 0 Å². The molecule has 126 valence electrons. The van der Waals surface area contributed by atoms with Gasteiger partial charge in [-0.05, 0) is 49.7 Å². The lowest BCUT2D eigenvalue weighted by Gasteiger charge is -2.10. The minimum absolute atomic E-state index is 0.279. The molecular weight excluding hydrogens is 336 g/mol. The van der Waals surface area contributed by atoms with E-state index in [0.29, 0.717) is 22.4 Å². The van der Waals surface area contributed by atoms with Crippen molar-refractivity contribution in [3.05, 3.63) is 76.7 Å². The van der Waals surface area contributed by atoms with Gasteiger partial charge in [0.2, 0.25) is 0 Å². The van der Waals surface area contributed by atoms with Crippen molar-refractivity contribution in [1.29, 1.82) is 0 Å². The summed E-state index contributed by atoms with van der Waals surface area (Å²) >= 11 is 5.89. The lowest BCUT2D eigenvalue weighted by Crippen LogP contribution is -2.16. The highest BCUT2D eigenvalue weighted by molar-refractivity contribution is 6.30. The van der Waals surface area contributed by atoms with Crippen LogP contribution in [0.1, 0.15) is 21.9 Å². The highest BCUT2D eigenvalue weighted by atomic mass is 35.5. The van der Waals surface area contributed by atoms with Gasteiger partial charge in [-0.15, -0.1) is 0 Å². The molecule has 1 heterocycles. The van der Waals surface area contributed by atoms with E-state index < -0.39 is 0 Å². The van der Waals surface area contributed by atoms with Gasteiger partial charge in [0.05, 0.1) is 0 Å². The van der Waals surface area contributed by atoms with Gasteiger partial charge in [-0.3, -0.25) is 4.79 Å². The van der Waals surface area contributed by atoms with Crippen LogP contribution in [0.5, 0.6) is 0 Å². The maximum Gasteiger partial charge on any atom is 0.274 e. The van der Waals surface area contributed by atoms with Gasteiger partial charge in [0, 0.05) is 22.5 Å². The van der Waals surface area contributed by atoms with Crippen molar-refractivity contribution in [2.45, 2.75) is 13.8 Å². The Labute approximate surface area is 151 Å². The van der Waals surface area contributed by atoms with E-state index in [2.05, 4.69) is 20.6 Å². The average Bonchev–Trinajstić information content (AvgIpc) is 2.58. The van der Waals surface area contributed by atoms with Crippen molar-refractivity contribution in [2.75, 3.05) is 10.6 Å². The summed E-state index contributed by atoms with van der Waals surface area (Å²) < 4.78 is 0. The van der Waals surface area contributed by atoms with E-state index in [0.717, 1.165) is 16.9 Å². The summed E-state index contributed by atoms with van der Waals surface area (Å²) in [5.41, 5.74) is 2.87. The number of amides is 1. The molecule has 0 aliphatic carbocycles. The van der Waals surface area contributed by atoms with Gasteiger partial charge in [0.1, 0.15) is 17.3 Å². The number of para-hydroxylation sites is 1. The largest absolute Gasteiger partial charge is 0.340 e. The molecule has 1 aromatic heterocycles. The minimum atomic E-state index is -0.279. The number of carbonyl (C=O) groups is 1. The summed E-state index contributed by atoms with van der Waals surface area (Å²) in [5.74, 6) is 0.776. The van der Waals surface area contributed by atoms with Gasteiger partial charge in [-0.2, -0.15) is 0 Å². The Balaban J connectivity index is 1.82. The molecule has 0 fully saturated rings. The summed E-state index contributed by atoms with van der Waals surface area (Å²) in [5, 5.41) is 6.69. The average molecular weight is 353 g/mol. The molecule has 0 unspecified atom stereocenters. The summed E-state index contributed by atoms with van der Waals surface area (Å²) in [6, 6.07) is 16.5. The lowest BCUT2D eigenvalue weighted by molar-refractivity contribution is 0.102. The number of halogens is 1. The normalized spacial score (nSPS) is 10.4. The van der Waals surface area contributed by atoms with Crippen molar-refractivity contribution < 1.29 is 4.79 Å². The summed E-state index contributed by atoms with van der Waals surface area (Å²) in [7, 11) is 0. The van der Waals surface area contributed by atoms with Crippen LogP contribution in [0.3, 0.4) is 0 Å². The van der Waals surface area contributed by atoms with E-state index in [1.807, 2.05) is 43.3 Å². The zero-order valence-corrected chi connectivity index (χ0v) is 14.6. The predicted octanol–water partition coefficient (Wildman–Crippen LogP) is 4.74. The van der Waals surface area contributed by atoms with Crippen LogP contribution in [0, 0.1) is 13.8 Å². The van der Waals surface area contributed by atoms with E-state index >= 15 is 0 Å². The molecule has 2 N–H and O–H groups in total. The van der Waals surface area contributed by atoms with Crippen LogP contribution < -0.4 is 10.6 Å². The number of nitrogens with one attached hydrogen (secondary N) is 2. The number of anilines is 3. The Kier molecular flexibility index (Phi) is 4.95. The monoisotopic (exact) mass is 352 g/mol. The van der Waals surface area contributed by atoms with Crippen LogP contribution in [0.4, 0.5) is 17.2 Å². The van der Waals surface area contributed by atoms with Crippen LogP contribution in [-0.4, -0.2) is 15.9 Å². The van der Waals surface area contributed by atoms with E-state index in [9.17, 15) is 4.79 Å². The van der Waals surface area contributed by atoms with Crippen molar-refractivity contribution in [3.63, 3.8) is 0 Å². The van der Waals surface area contributed by atoms with E-state index in [1.165, 1.54) is 0 Å². The van der Waals surface area contributed by atoms with Crippen LogP contribution in [0.2, 0.25) is 5.02 Å². The third-order valence-electron chi connectivity index (χ3n) is 3.58. The van der Waals surface area contributed by atoms with Gasteiger partial charge in [-0.1, -0.05) is 29.8 Å². The van der Waals surface area contributed by atoms with E-state index in [4.69, 9.17) is 11.6 Å². The first-order valence-electron chi connectivity index (χ1n) is 7.76. The van der Waals surface area contributed by atoms with Crippen LogP contribution in [0.15, 0.2) is 54.6 Å². The highest BCUT2D eigenvalue weighted by Gasteiger charge is 2.12. The lowest BCUT2D eigenvalue weighted by atomic mass is 10.2. The first-order valence-corrected chi connectivity index (χ1v) is 8.14. The molecule has 0 aliphatic heterocycles. The minimum Gasteiger partial charge on any atom is -0.340 e. The molecule has 0 bridgehead atoms. The maximum atomic E-state index is 12.5. The van der Waals surface area contributed by atoms with Gasteiger partial charge < -0.3 is 10.6 Å². The number of carbonyl (C=O) groups excluding carboxylic acids is 1. The number of benzene rings is 2. The third-order valence-corrected chi connectivity index (χ3v) is 3.83.